The summed E-state index contributed by atoms with van der Waals surface area (Å²) in [6.07, 6.45) is 0. The summed E-state index contributed by atoms with van der Waals surface area (Å²) in [5.41, 5.74) is -0.132. The maximum absolute atomic E-state index is 12.9. The fourth-order valence-electron chi connectivity index (χ4n) is 2.64. The average Bonchev–Trinajstić information content (AvgIpc) is 3.37. The molecule has 4 aromatic rings. The maximum atomic E-state index is 12.9. The molecule has 26 heavy (non-hydrogen) atoms. The van der Waals surface area contributed by atoms with E-state index in [2.05, 4.69) is 9.72 Å². The zero-order valence-corrected chi connectivity index (χ0v) is 15.1. The summed E-state index contributed by atoms with van der Waals surface area (Å²) in [6, 6.07) is 6.82. The quantitative estimate of drug-likeness (QED) is 0.543. The molecule has 4 rings (SSSR count). The number of aromatic nitrogens is 2. The van der Waals surface area contributed by atoms with E-state index in [-0.39, 0.29) is 12.3 Å². The monoisotopic (exact) mass is 388 g/mol. The van der Waals surface area contributed by atoms with Crippen molar-refractivity contribution in [2.45, 2.75) is 6.54 Å². The molecular weight excluding hydrogens is 376 g/mol. The van der Waals surface area contributed by atoms with Gasteiger partial charge in [-0.3, -0.25) is 14.3 Å². The molecule has 4 heterocycles. The van der Waals surface area contributed by atoms with Gasteiger partial charge in [0.2, 0.25) is 5.76 Å². The van der Waals surface area contributed by atoms with Crippen LogP contribution in [0.1, 0.15) is 16.3 Å². The van der Waals surface area contributed by atoms with Crippen LogP contribution in [0.2, 0.25) is 0 Å². The van der Waals surface area contributed by atoms with Crippen LogP contribution in [0.3, 0.4) is 0 Å². The zero-order chi connectivity index (χ0) is 18.3. The summed E-state index contributed by atoms with van der Waals surface area (Å²) in [5.74, 6) is -0.293. The van der Waals surface area contributed by atoms with Gasteiger partial charge < -0.3 is 9.15 Å². The van der Waals surface area contributed by atoms with Crippen molar-refractivity contribution < 1.29 is 13.9 Å². The van der Waals surface area contributed by atoms with Gasteiger partial charge in [-0.05, 0) is 23.6 Å². The van der Waals surface area contributed by atoms with E-state index in [0.717, 1.165) is 15.0 Å². The Balaban J connectivity index is 1.81. The third-order valence-electron chi connectivity index (χ3n) is 3.86. The predicted molar refractivity (Wildman–Crippen MR) is 99.2 cm³/mol. The molecule has 0 aromatic carbocycles. The van der Waals surface area contributed by atoms with Gasteiger partial charge in [0.25, 0.3) is 5.56 Å². The van der Waals surface area contributed by atoms with E-state index in [9.17, 15) is 14.4 Å². The molecule has 0 radical (unpaired) electrons. The Bertz CT molecular complexity index is 1210. The fraction of sp³-hybridized carbons (Fsp3) is 0.118. The highest BCUT2D eigenvalue weighted by Gasteiger charge is 2.17. The number of carbonyl (C=O) groups is 1. The van der Waals surface area contributed by atoms with Gasteiger partial charge in [-0.15, -0.1) is 22.7 Å². The van der Waals surface area contributed by atoms with Gasteiger partial charge in [-0.25, -0.2) is 9.59 Å². The number of esters is 1. The van der Waals surface area contributed by atoms with Crippen LogP contribution in [0.5, 0.6) is 0 Å². The van der Waals surface area contributed by atoms with Crippen LogP contribution < -0.4 is 11.2 Å². The number of nitrogens with one attached hydrogen (secondary N) is 1. The molecule has 0 aliphatic carbocycles. The Morgan fingerprint density at radius 1 is 1.27 bits per heavy atom. The number of ether oxygens (including phenoxy) is 1. The molecule has 4 aromatic heterocycles. The van der Waals surface area contributed by atoms with Crippen molar-refractivity contribution in [1.29, 1.82) is 0 Å². The second-order valence-electron chi connectivity index (χ2n) is 5.41. The highest BCUT2D eigenvalue weighted by atomic mass is 32.1. The molecule has 1 N–H and O–H groups in total. The lowest BCUT2D eigenvalue weighted by Gasteiger charge is -2.03. The van der Waals surface area contributed by atoms with Gasteiger partial charge in [0, 0.05) is 15.8 Å². The Morgan fingerprint density at radius 2 is 2.12 bits per heavy atom. The van der Waals surface area contributed by atoms with Crippen LogP contribution in [0.15, 0.2) is 49.0 Å². The Kier molecular flexibility index (Phi) is 4.09. The number of H-pyrrole nitrogens is 1. The summed E-state index contributed by atoms with van der Waals surface area (Å²) in [6.45, 7) is -0.0825. The molecule has 0 saturated heterocycles. The van der Waals surface area contributed by atoms with E-state index in [1.807, 2.05) is 22.9 Å². The van der Waals surface area contributed by atoms with Gasteiger partial charge in [-0.2, -0.15) is 0 Å². The topological polar surface area (TPSA) is 94.3 Å². The average molecular weight is 388 g/mol. The number of carbonyl (C=O) groups excluding carboxylic acids is 1. The van der Waals surface area contributed by atoms with Gasteiger partial charge in [0.05, 0.1) is 19.0 Å². The van der Waals surface area contributed by atoms with Crippen LogP contribution in [0, 0.1) is 0 Å². The van der Waals surface area contributed by atoms with E-state index in [4.69, 9.17) is 4.42 Å². The molecule has 0 spiro atoms. The first-order valence-electron chi connectivity index (χ1n) is 7.53. The molecular formula is C17H12N2O5S2. The lowest BCUT2D eigenvalue weighted by atomic mass is 10.2. The Hall–Kier alpha value is -2.91. The SMILES string of the molecule is COC(=O)c1ccc(Cn2c(=O)[nH]c3scc(-c4cccs4)c3c2=O)o1. The van der Waals surface area contributed by atoms with Gasteiger partial charge in [0.15, 0.2) is 0 Å². The minimum Gasteiger partial charge on any atom is -0.463 e. The molecule has 0 saturated carbocycles. The smallest absolute Gasteiger partial charge is 0.373 e. The second-order valence-corrected chi connectivity index (χ2v) is 7.24. The Labute approximate surface area is 154 Å². The number of hydrogen-bond acceptors (Lipinski definition) is 7. The van der Waals surface area contributed by atoms with E-state index in [0.29, 0.717) is 16.0 Å². The predicted octanol–water partition coefficient (Wildman–Crippen LogP) is 2.91. The first-order valence-corrected chi connectivity index (χ1v) is 9.29. The minimum absolute atomic E-state index is 0.0165. The van der Waals surface area contributed by atoms with Crippen molar-refractivity contribution in [1.82, 2.24) is 9.55 Å². The Morgan fingerprint density at radius 3 is 2.85 bits per heavy atom. The van der Waals surface area contributed by atoms with Crippen molar-refractivity contribution in [3.63, 3.8) is 0 Å². The van der Waals surface area contributed by atoms with Gasteiger partial charge >= 0.3 is 11.7 Å². The number of methoxy groups -OCH3 is 1. The van der Waals surface area contributed by atoms with Crippen LogP contribution in [0.4, 0.5) is 0 Å². The number of nitrogens with zero attached hydrogens (tertiary/aromatic N) is 1. The van der Waals surface area contributed by atoms with Crippen molar-refractivity contribution in [3.05, 3.63) is 67.4 Å². The van der Waals surface area contributed by atoms with Crippen LogP contribution >= 0.6 is 22.7 Å². The highest BCUT2D eigenvalue weighted by Crippen LogP contribution is 2.33. The molecule has 7 nitrogen and oxygen atoms in total. The molecule has 0 unspecified atom stereocenters. The molecule has 9 heteroatoms. The van der Waals surface area contributed by atoms with Crippen LogP contribution in [-0.2, 0) is 11.3 Å². The summed E-state index contributed by atoms with van der Waals surface area (Å²) >= 11 is 2.84. The van der Waals surface area contributed by atoms with Crippen molar-refractivity contribution in [2.75, 3.05) is 7.11 Å². The molecule has 0 bridgehead atoms. The van der Waals surface area contributed by atoms with Crippen molar-refractivity contribution in [3.8, 4) is 10.4 Å². The summed E-state index contributed by atoms with van der Waals surface area (Å²) in [7, 11) is 1.25. The normalized spacial score (nSPS) is 11.1. The number of fused-ring (bicyclic) bond motifs is 1. The van der Waals surface area contributed by atoms with E-state index in [1.165, 1.54) is 41.9 Å². The first kappa shape index (κ1) is 16.6. The summed E-state index contributed by atoms with van der Waals surface area (Å²) < 4.78 is 11.0. The van der Waals surface area contributed by atoms with Crippen molar-refractivity contribution >= 4 is 38.9 Å². The number of aromatic amines is 1. The molecule has 0 aliphatic heterocycles. The van der Waals surface area contributed by atoms with Crippen LogP contribution in [0.25, 0.3) is 20.7 Å². The first-order chi connectivity index (χ1) is 12.6. The number of rotatable bonds is 4. The van der Waals surface area contributed by atoms with Crippen molar-refractivity contribution in [2.24, 2.45) is 0 Å². The third kappa shape index (κ3) is 2.71. The minimum atomic E-state index is -0.620. The molecule has 0 fully saturated rings. The summed E-state index contributed by atoms with van der Waals surface area (Å²) in [5, 5.41) is 4.26. The standard InChI is InChI=1S/C17H12N2O5S2/c1-23-16(21)11-5-4-9(24-11)7-19-15(20)13-10(12-3-2-6-25-12)8-26-14(13)18-17(19)22/h2-6,8H,7H2,1H3,(H,18,22). The number of hydrogen-bond donors (Lipinski definition) is 1. The maximum Gasteiger partial charge on any atom is 0.373 e. The van der Waals surface area contributed by atoms with Gasteiger partial charge in [-0.1, -0.05) is 6.07 Å². The molecule has 0 aliphatic rings. The number of furan rings is 1. The van der Waals surface area contributed by atoms with E-state index in [1.54, 1.807) is 0 Å². The lowest BCUT2D eigenvalue weighted by molar-refractivity contribution is 0.0563. The number of thiophene rings is 2. The zero-order valence-electron chi connectivity index (χ0n) is 13.5. The fourth-order valence-corrected chi connectivity index (χ4v) is 4.41. The highest BCUT2D eigenvalue weighted by molar-refractivity contribution is 7.18. The van der Waals surface area contributed by atoms with E-state index >= 15 is 0 Å². The van der Waals surface area contributed by atoms with Crippen LogP contribution in [-0.4, -0.2) is 22.6 Å². The molecule has 0 amide bonds. The van der Waals surface area contributed by atoms with E-state index < -0.39 is 17.2 Å². The molecule has 0 atom stereocenters. The lowest BCUT2D eigenvalue weighted by Crippen LogP contribution is -2.35. The molecule has 132 valence electrons. The summed E-state index contributed by atoms with van der Waals surface area (Å²) in [4.78, 5) is 41.0. The van der Waals surface area contributed by atoms with Gasteiger partial charge in [0.1, 0.15) is 10.6 Å². The largest absolute Gasteiger partial charge is 0.463 e. The second kappa shape index (κ2) is 6.43. The third-order valence-corrected chi connectivity index (χ3v) is 5.66.